The number of nitrogens with one attached hydrogen (secondary N) is 1. The van der Waals surface area contributed by atoms with Crippen molar-refractivity contribution < 1.29 is 9.00 Å². The number of carbonyl (C=O) groups is 1. The molecule has 5 heteroatoms. The predicted molar refractivity (Wildman–Crippen MR) is 71.1 cm³/mol. The Morgan fingerprint density at radius 1 is 1.35 bits per heavy atom. The maximum absolute atomic E-state index is 11.4. The second-order valence-electron chi connectivity index (χ2n) is 3.87. The highest BCUT2D eigenvalue weighted by Crippen LogP contribution is 2.07. The number of nitrogens with two attached hydrogens (primary N) is 1. The fourth-order valence-electron chi connectivity index (χ4n) is 1.36. The Labute approximate surface area is 104 Å². The van der Waals surface area contributed by atoms with Gasteiger partial charge < -0.3 is 11.1 Å². The van der Waals surface area contributed by atoms with Crippen LogP contribution in [0.5, 0.6) is 0 Å². The minimum absolute atomic E-state index is 0.00715. The lowest BCUT2D eigenvalue weighted by Gasteiger charge is -2.04. The lowest BCUT2D eigenvalue weighted by molar-refractivity contribution is -0.120. The van der Waals surface area contributed by atoms with Crippen LogP contribution >= 0.6 is 0 Å². The van der Waals surface area contributed by atoms with Crippen molar-refractivity contribution in [2.75, 3.05) is 24.3 Å². The van der Waals surface area contributed by atoms with E-state index in [1.807, 2.05) is 24.3 Å². The molecule has 1 amide bonds. The van der Waals surface area contributed by atoms with Crippen molar-refractivity contribution in [1.82, 2.24) is 5.32 Å². The topological polar surface area (TPSA) is 72.2 Å². The first kappa shape index (κ1) is 13.7. The quantitative estimate of drug-likeness (QED) is 0.734. The number of benzene rings is 1. The normalized spacial score (nSPS) is 12.1. The van der Waals surface area contributed by atoms with Crippen LogP contribution < -0.4 is 11.1 Å². The van der Waals surface area contributed by atoms with Gasteiger partial charge in [-0.2, -0.15) is 0 Å². The summed E-state index contributed by atoms with van der Waals surface area (Å²) in [5.41, 5.74) is 7.39. The number of anilines is 1. The lowest BCUT2D eigenvalue weighted by Crippen LogP contribution is -2.27. The highest BCUT2D eigenvalue weighted by molar-refractivity contribution is 7.84. The molecule has 3 N–H and O–H groups in total. The highest BCUT2D eigenvalue weighted by atomic mass is 32.2. The van der Waals surface area contributed by atoms with Crippen molar-refractivity contribution in [2.45, 2.75) is 12.8 Å². The first-order valence-electron chi connectivity index (χ1n) is 5.49. The first-order chi connectivity index (χ1) is 8.08. The number of hydrogen-bond acceptors (Lipinski definition) is 3. The second-order valence-corrected chi connectivity index (χ2v) is 5.42. The molecule has 0 spiro atoms. The summed E-state index contributed by atoms with van der Waals surface area (Å²) in [6.45, 7) is 0.476. The van der Waals surface area contributed by atoms with E-state index >= 15 is 0 Å². The minimum atomic E-state index is -0.853. The molecule has 1 aromatic rings. The Kier molecular flexibility index (Phi) is 5.69. The molecule has 0 saturated carbocycles. The summed E-state index contributed by atoms with van der Waals surface area (Å²) < 4.78 is 10.8. The van der Waals surface area contributed by atoms with E-state index in [0.717, 1.165) is 11.3 Å². The van der Waals surface area contributed by atoms with Crippen LogP contribution in [0.1, 0.15) is 12.0 Å². The molecule has 1 aromatic carbocycles. The molecule has 0 aliphatic rings. The average molecular weight is 254 g/mol. The van der Waals surface area contributed by atoms with Crippen molar-refractivity contribution in [1.29, 1.82) is 0 Å². The van der Waals surface area contributed by atoms with Gasteiger partial charge in [0.15, 0.2) is 0 Å². The molecule has 0 heterocycles. The molecule has 0 radical (unpaired) electrons. The van der Waals surface area contributed by atoms with Crippen LogP contribution in [0.15, 0.2) is 24.3 Å². The second kappa shape index (κ2) is 7.06. The molecule has 1 unspecified atom stereocenters. The Hall–Kier alpha value is -1.36. The van der Waals surface area contributed by atoms with E-state index in [9.17, 15) is 9.00 Å². The van der Waals surface area contributed by atoms with Crippen LogP contribution in [-0.4, -0.2) is 28.7 Å². The molecule has 0 aliphatic carbocycles. The smallest absolute Gasteiger partial charge is 0.220 e. The maximum Gasteiger partial charge on any atom is 0.220 e. The van der Waals surface area contributed by atoms with Gasteiger partial charge in [-0.15, -0.1) is 0 Å². The number of amides is 1. The molecule has 0 aromatic heterocycles. The van der Waals surface area contributed by atoms with Gasteiger partial charge >= 0.3 is 0 Å². The van der Waals surface area contributed by atoms with Crippen molar-refractivity contribution in [2.24, 2.45) is 0 Å². The van der Waals surface area contributed by atoms with Crippen molar-refractivity contribution in [3.63, 3.8) is 0 Å². The van der Waals surface area contributed by atoms with Gasteiger partial charge in [-0.05, 0) is 24.1 Å². The fourth-order valence-corrected chi connectivity index (χ4v) is 1.75. The van der Waals surface area contributed by atoms with Crippen LogP contribution in [0, 0.1) is 0 Å². The molecule has 4 nitrogen and oxygen atoms in total. The Bertz CT molecular complexity index is 390. The van der Waals surface area contributed by atoms with E-state index in [-0.39, 0.29) is 5.91 Å². The van der Waals surface area contributed by atoms with E-state index in [1.54, 1.807) is 6.26 Å². The van der Waals surface area contributed by atoms with Crippen LogP contribution in [0.4, 0.5) is 5.69 Å². The molecule has 0 aliphatic heterocycles. The van der Waals surface area contributed by atoms with Gasteiger partial charge in [0.2, 0.25) is 5.91 Å². The summed E-state index contributed by atoms with van der Waals surface area (Å²) >= 11 is 0. The molecular weight excluding hydrogens is 236 g/mol. The number of carbonyl (C=O) groups excluding carboxylic acids is 1. The predicted octanol–water partition coefficient (Wildman–Crippen LogP) is 0.696. The highest BCUT2D eigenvalue weighted by Gasteiger charge is 2.02. The number of nitrogen functional groups attached to an aromatic ring is 1. The number of aryl methyl sites for hydroxylation is 1. The Morgan fingerprint density at radius 2 is 2.00 bits per heavy atom. The summed E-state index contributed by atoms with van der Waals surface area (Å²) in [6.07, 6.45) is 2.77. The van der Waals surface area contributed by atoms with Crippen LogP contribution in [0.25, 0.3) is 0 Å². The molecule has 17 heavy (non-hydrogen) atoms. The van der Waals surface area contributed by atoms with Gasteiger partial charge in [0.1, 0.15) is 0 Å². The van der Waals surface area contributed by atoms with Gasteiger partial charge in [-0.1, -0.05) is 12.1 Å². The molecule has 94 valence electrons. The largest absolute Gasteiger partial charge is 0.399 e. The summed E-state index contributed by atoms with van der Waals surface area (Å²) in [4.78, 5) is 11.4. The molecule has 0 bridgehead atoms. The lowest BCUT2D eigenvalue weighted by atomic mass is 10.1. The molecular formula is C12H18N2O2S. The van der Waals surface area contributed by atoms with Gasteiger partial charge in [0.05, 0.1) is 0 Å². The van der Waals surface area contributed by atoms with Gasteiger partial charge in [-0.25, -0.2) is 0 Å². The zero-order valence-corrected chi connectivity index (χ0v) is 10.8. The molecule has 1 atom stereocenters. The molecule has 1 rings (SSSR count). The zero-order valence-electron chi connectivity index (χ0n) is 9.94. The van der Waals surface area contributed by atoms with E-state index < -0.39 is 10.8 Å². The summed E-state index contributed by atoms with van der Waals surface area (Å²) in [6, 6.07) is 7.49. The monoisotopic (exact) mass is 254 g/mol. The summed E-state index contributed by atoms with van der Waals surface area (Å²) in [7, 11) is -0.853. The standard InChI is InChI=1S/C12H18N2O2S/c1-17(16)9-8-14-12(15)7-4-10-2-5-11(13)6-3-10/h2-3,5-6H,4,7-9,13H2,1H3,(H,14,15). The summed E-state index contributed by atoms with van der Waals surface area (Å²) in [5.74, 6) is 0.500. The number of hydrogen-bond donors (Lipinski definition) is 2. The molecule has 0 fully saturated rings. The SMILES string of the molecule is CS(=O)CCNC(=O)CCc1ccc(N)cc1. The third-order valence-electron chi connectivity index (χ3n) is 2.33. The summed E-state index contributed by atoms with van der Waals surface area (Å²) in [5, 5.41) is 2.74. The van der Waals surface area contributed by atoms with Crippen molar-refractivity contribution >= 4 is 22.4 Å². The van der Waals surface area contributed by atoms with E-state index in [0.29, 0.717) is 25.1 Å². The van der Waals surface area contributed by atoms with E-state index in [2.05, 4.69) is 5.32 Å². The first-order valence-corrected chi connectivity index (χ1v) is 7.22. The zero-order chi connectivity index (χ0) is 12.7. The Morgan fingerprint density at radius 3 is 2.59 bits per heavy atom. The average Bonchev–Trinajstić information content (AvgIpc) is 2.28. The fraction of sp³-hybridized carbons (Fsp3) is 0.417. The van der Waals surface area contributed by atoms with Crippen molar-refractivity contribution in [3.8, 4) is 0 Å². The van der Waals surface area contributed by atoms with Gasteiger partial charge in [0.25, 0.3) is 0 Å². The van der Waals surface area contributed by atoms with Crippen LogP contribution in [0.3, 0.4) is 0 Å². The minimum Gasteiger partial charge on any atom is -0.399 e. The number of rotatable bonds is 6. The van der Waals surface area contributed by atoms with Gasteiger partial charge in [0, 0.05) is 41.5 Å². The van der Waals surface area contributed by atoms with E-state index in [4.69, 9.17) is 5.73 Å². The molecule has 0 saturated heterocycles. The Balaban J connectivity index is 2.23. The van der Waals surface area contributed by atoms with Crippen molar-refractivity contribution in [3.05, 3.63) is 29.8 Å². The van der Waals surface area contributed by atoms with Crippen LogP contribution in [0.2, 0.25) is 0 Å². The van der Waals surface area contributed by atoms with Crippen LogP contribution in [-0.2, 0) is 22.0 Å². The van der Waals surface area contributed by atoms with Gasteiger partial charge in [-0.3, -0.25) is 9.00 Å². The van der Waals surface area contributed by atoms with E-state index in [1.165, 1.54) is 0 Å². The third kappa shape index (κ3) is 6.06. The maximum atomic E-state index is 11.4. The third-order valence-corrected chi connectivity index (χ3v) is 3.11.